The first-order chi connectivity index (χ1) is 11.0. The Hall–Kier alpha value is -1.79. The van der Waals surface area contributed by atoms with E-state index in [-0.39, 0.29) is 12.0 Å². The highest BCUT2D eigenvalue weighted by molar-refractivity contribution is 6.31. The molecule has 7 heteroatoms. The van der Waals surface area contributed by atoms with E-state index in [9.17, 15) is 9.59 Å². The molecule has 1 heterocycles. The predicted molar refractivity (Wildman–Crippen MR) is 89.0 cm³/mol. The number of quaternary nitrogens is 1. The zero-order valence-electron chi connectivity index (χ0n) is 13.5. The van der Waals surface area contributed by atoms with Crippen molar-refractivity contribution in [2.75, 3.05) is 44.6 Å². The van der Waals surface area contributed by atoms with Crippen molar-refractivity contribution in [2.45, 2.75) is 13.8 Å². The van der Waals surface area contributed by atoms with Crippen LogP contribution in [0.3, 0.4) is 0 Å². The number of aryl methyl sites for hydroxylation is 1. The van der Waals surface area contributed by atoms with Crippen molar-refractivity contribution in [1.29, 1.82) is 0 Å². The lowest BCUT2D eigenvalue weighted by Crippen LogP contribution is -3.15. The fourth-order valence-corrected chi connectivity index (χ4v) is 2.68. The maximum atomic E-state index is 12.1. The van der Waals surface area contributed by atoms with Crippen molar-refractivity contribution in [3.63, 3.8) is 0 Å². The molecule has 126 valence electrons. The van der Waals surface area contributed by atoms with Crippen LogP contribution in [0.15, 0.2) is 18.2 Å². The third-order valence-electron chi connectivity index (χ3n) is 3.86. The Bertz CT molecular complexity index is 572. The number of carbonyl (C=O) groups excluding carboxylic acids is 2. The standard InChI is InChI=1S/C16H22ClN3O3/c1-3-23-16(22)20-8-6-19(7-9-20)11-15(21)18-13-5-4-12(2)14(17)10-13/h4-5,10H,3,6-9,11H2,1-2H3,(H,18,21)/p+1. The quantitative estimate of drug-likeness (QED) is 0.857. The topological polar surface area (TPSA) is 63.1 Å². The SMILES string of the molecule is CCOC(=O)N1CC[NH+](CC(=O)Nc2ccc(C)c(Cl)c2)CC1. The monoisotopic (exact) mass is 340 g/mol. The van der Waals surface area contributed by atoms with Crippen LogP contribution in [0.4, 0.5) is 10.5 Å². The smallest absolute Gasteiger partial charge is 0.410 e. The van der Waals surface area contributed by atoms with Crippen molar-refractivity contribution in [2.24, 2.45) is 0 Å². The maximum absolute atomic E-state index is 12.1. The number of nitrogens with zero attached hydrogens (tertiary/aromatic N) is 1. The summed E-state index contributed by atoms with van der Waals surface area (Å²) < 4.78 is 4.98. The summed E-state index contributed by atoms with van der Waals surface area (Å²) in [7, 11) is 0. The van der Waals surface area contributed by atoms with E-state index in [0.717, 1.165) is 23.6 Å². The van der Waals surface area contributed by atoms with Gasteiger partial charge in [-0.3, -0.25) is 9.69 Å². The molecule has 0 unspecified atom stereocenters. The van der Waals surface area contributed by atoms with Crippen molar-refractivity contribution in [3.8, 4) is 0 Å². The summed E-state index contributed by atoms with van der Waals surface area (Å²) in [6.07, 6.45) is -0.273. The normalized spacial score (nSPS) is 15.3. The lowest BCUT2D eigenvalue weighted by atomic mass is 10.2. The van der Waals surface area contributed by atoms with Crippen molar-refractivity contribution in [1.82, 2.24) is 4.90 Å². The van der Waals surface area contributed by atoms with Crippen LogP contribution in [0.1, 0.15) is 12.5 Å². The largest absolute Gasteiger partial charge is 0.450 e. The van der Waals surface area contributed by atoms with Crippen LogP contribution in [0, 0.1) is 6.92 Å². The van der Waals surface area contributed by atoms with Crippen molar-refractivity contribution in [3.05, 3.63) is 28.8 Å². The van der Waals surface area contributed by atoms with E-state index in [1.165, 1.54) is 0 Å². The minimum Gasteiger partial charge on any atom is -0.450 e. The van der Waals surface area contributed by atoms with Gasteiger partial charge in [0.2, 0.25) is 0 Å². The third kappa shape index (κ3) is 5.11. The minimum absolute atomic E-state index is 0.0514. The summed E-state index contributed by atoms with van der Waals surface area (Å²) in [5.41, 5.74) is 1.68. The molecule has 1 aromatic carbocycles. The number of piperazine rings is 1. The van der Waals surface area contributed by atoms with E-state index in [1.807, 2.05) is 19.1 Å². The number of amides is 2. The summed E-state index contributed by atoms with van der Waals surface area (Å²) in [5, 5.41) is 3.50. The molecule has 23 heavy (non-hydrogen) atoms. The minimum atomic E-state index is -0.273. The summed E-state index contributed by atoms with van der Waals surface area (Å²) in [6.45, 7) is 7.16. The number of nitrogens with one attached hydrogen (secondary N) is 2. The summed E-state index contributed by atoms with van der Waals surface area (Å²) in [4.78, 5) is 26.6. The fourth-order valence-electron chi connectivity index (χ4n) is 2.50. The van der Waals surface area contributed by atoms with Gasteiger partial charge < -0.3 is 15.0 Å². The number of ether oxygens (including phenoxy) is 1. The molecule has 0 bridgehead atoms. The summed E-state index contributed by atoms with van der Waals surface area (Å²) in [6, 6.07) is 5.47. The van der Waals surface area contributed by atoms with Gasteiger partial charge in [-0.05, 0) is 31.5 Å². The highest BCUT2D eigenvalue weighted by Gasteiger charge is 2.25. The van der Waals surface area contributed by atoms with E-state index >= 15 is 0 Å². The number of hydrogen-bond acceptors (Lipinski definition) is 3. The predicted octanol–water partition coefficient (Wildman–Crippen LogP) is 0.944. The number of halogens is 1. The van der Waals surface area contributed by atoms with Crippen LogP contribution >= 0.6 is 11.6 Å². The molecule has 1 aromatic rings. The van der Waals surface area contributed by atoms with Gasteiger partial charge in [-0.2, -0.15) is 0 Å². The zero-order chi connectivity index (χ0) is 16.8. The van der Waals surface area contributed by atoms with Crippen LogP contribution in [0.2, 0.25) is 5.02 Å². The van der Waals surface area contributed by atoms with E-state index < -0.39 is 0 Å². The highest BCUT2D eigenvalue weighted by Crippen LogP contribution is 2.19. The number of anilines is 1. The molecule has 1 fully saturated rings. The molecule has 6 nitrogen and oxygen atoms in total. The lowest BCUT2D eigenvalue weighted by Gasteiger charge is -2.31. The van der Waals surface area contributed by atoms with Gasteiger partial charge in [-0.1, -0.05) is 17.7 Å². The Morgan fingerprint density at radius 1 is 1.35 bits per heavy atom. The van der Waals surface area contributed by atoms with E-state index in [4.69, 9.17) is 16.3 Å². The van der Waals surface area contributed by atoms with Crippen molar-refractivity contribution >= 4 is 29.3 Å². The Kier molecular flexibility index (Phi) is 6.24. The molecule has 0 saturated carbocycles. The van der Waals surface area contributed by atoms with Gasteiger partial charge in [-0.25, -0.2) is 4.79 Å². The Morgan fingerprint density at radius 3 is 2.65 bits per heavy atom. The number of benzene rings is 1. The average Bonchev–Trinajstić information content (AvgIpc) is 2.52. The molecule has 0 spiro atoms. The molecule has 2 rings (SSSR count). The van der Waals surface area contributed by atoms with Gasteiger partial charge >= 0.3 is 6.09 Å². The van der Waals surface area contributed by atoms with E-state index in [1.54, 1.807) is 17.9 Å². The number of hydrogen-bond donors (Lipinski definition) is 2. The summed E-state index contributed by atoms with van der Waals surface area (Å²) >= 11 is 6.05. The van der Waals surface area contributed by atoms with E-state index in [0.29, 0.717) is 37.0 Å². The van der Waals surface area contributed by atoms with Crippen LogP contribution < -0.4 is 10.2 Å². The van der Waals surface area contributed by atoms with Gasteiger partial charge in [0.05, 0.1) is 32.8 Å². The molecular weight excluding hydrogens is 318 g/mol. The Morgan fingerprint density at radius 2 is 2.04 bits per heavy atom. The van der Waals surface area contributed by atoms with Gasteiger partial charge in [0.25, 0.3) is 5.91 Å². The fraction of sp³-hybridized carbons (Fsp3) is 0.500. The maximum Gasteiger partial charge on any atom is 0.410 e. The first-order valence-corrected chi connectivity index (χ1v) is 8.18. The van der Waals surface area contributed by atoms with Crippen molar-refractivity contribution < 1.29 is 19.2 Å². The van der Waals surface area contributed by atoms with Crippen LogP contribution in [-0.4, -0.2) is 56.2 Å². The second kappa shape index (κ2) is 8.17. The van der Waals surface area contributed by atoms with Gasteiger partial charge in [0, 0.05) is 10.7 Å². The molecular formula is C16H23ClN3O3+. The Labute approximate surface area is 141 Å². The summed E-state index contributed by atoms with van der Waals surface area (Å²) in [5.74, 6) is -0.0514. The van der Waals surface area contributed by atoms with Gasteiger partial charge in [0.1, 0.15) is 0 Å². The second-order valence-electron chi connectivity index (χ2n) is 5.62. The molecule has 1 saturated heterocycles. The van der Waals surface area contributed by atoms with Crippen LogP contribution in [0.25, 0.3) is 0 Å². The molecule has 0 atom stereocenters. The number of rotatable bonds is 4. The lowest BCUT2D eigenvalue weighted by molar-refractivity contribution is -0.895. The Balaban J connectivity index is 1.78. The molecule has 0 aliphatic carbocycles. The highest BCUT2D eigenvalue weighted by atomic mass is 35.5. The molecule has 2 N–H and O–H groups in total. The van der Waals surface area contributed by atoms with Gasteiger partial charge in [0.15, 0.2) is 6.54 Å². The zero-order valence-corrected chi connectivity index (χ0v) is 14.3. The molecule has 1 aliphatic heterocycles. The third-order valence-corrected chi connectivity index (χ3v) is 4.27. The molecule has 2 amide bonds. The molecule has 0 aromatic heterocycles. The molecule has 1 aliphatic rings. The van der Waals surface area contributed by atoms with Crippen LogP contribution in [0.5, 0.6) is 0 Å². The molecule has 0 radical (unpaired) electrons. The number of carbonyl (C=O) groups is 2. The van der Waals surface area contributed by atoms with Crippen LogP contribution in [-0.2, 0) is 9.53 Å². The van der Waals surface area contributed by atoms with E-state index in [2.05, 4.69) is 5.32 Å². The first kappa shape index (κ1) is 17.6. The second-order valence-corrected chi connectivity index (χ2v) is 6.03. The van der Waals surface area contributed by atoms with Gasteiger partial charge in [-0.15, -0.1) is 0 Å². The average molecular weight is 341 g/mol. The first-order valence-electron chi connectivity index (χ1n) is 7.81.